The first-order valence-corrected chi connectivity index (χ1v) is 7.27. The molecule has 0 amide bonds. The molecule has 0 saturated heterocycles. The van der Waals surface area contributed by atoms with Crippen molar-refractivity contribution in [3.05, 3.63) is 48.1 Å². The molecule has 0 aliphatic carbocycles. The lowest BCUT2D eigenvalue weighted by molar-refractivity contribution is -0.158. The van der Waals surface area contributed by atoms with Gasteiger partial charge in [0.1, 0.15) is 11.5 Å². The fraction of sp³-hybridized carbons (Fsp3) is 0.333. The second-order valence-electron chi connectivity index (χ2n) is 5.33. The highest BCUT2D eigenvalue weighted by molar-refractivity contribution is 6.44. The van der Waals surface area contributed by atoms with Gasteiger partial charge >= 0.3 is 6.11 Å². The van der Waals surface area contributed by atoms with Gasteiger partial charge in [-0.15, -0.1) is 0 Å². The molecule has 0 aliphatic heterocycles. The van der Waals surface area contributed by atoms with E-state index in [0.717, 1.165) is 5.57 Å². The Morgan fingerprint density at radius 1 is 1.21 bits per heavy atom. The zero-order valence-corrected chi connectivity index (χ0v) is 14.6. The molecule has 0 heterocycles. The summed E-state index contributed by atoms with van der Waals surface area (Å²) in [5.74, 6) is 0.388. The first kappa shape index (κ1) is 19.5. The summed E-state index contributed by atoms with van der Waals surface area (Å²) >= 11 is 0. The van der Waals surface area contributed by atoms with Crippen molar-refractivity contribution in [3.63, 3.8) is 0 Å². The molecule has 0 aliphatic rings. The van der Waals surface area contributed by atoms with E-state index in [-0.39, 0.29) is 5.75 Å². The van der Waals surface area contributed by atoms with Crippen LogP contribution in [-0.2, 0) is 4.74 Å². The number of hydrogen-bond donors (Lipinski definition) is 0. The van der Waals surface area contributed by atoms with Gasteiger partial charge in [-0.05, 0) is 49.8 Å². The Hall–Kier alpha value is -2.50. The van der Waals surface area contributed by atoms with Crippen LogP contribution < -0.4 is 4.74 Å². The Kier molecular flexibility index (Phi) is 6.82. The highest BCUT2D eigenvalue weighted by Gasteiger charge is 2.22. The average Bonchev–Trinajstić information content (AvgIpc) is 2.49. The number of hydrogen-bond acceptors (Lipinski definition) is 4. The van der Waals surface area contributed by atoms with E-state index in [1.54, 1.807) is 19.2 Å². The number of rotatable bonds is 6. The van der Waals surface area contributed by atoms with Crippen molar-refractivity contribution < 1.29 is 18.3 Å². The molecule has 0 fully saturated rings. The van der Waals surface area contributed by atoms with Gasteiger partial charge in [-0.2, -0.15) is 8.78 Å². The molecule has 4 nitrogen and oxygen atoms in total. The lowest BCUT2D eigenvalue weighted by Crippen LogP contribution is -2.18. The first-order valence-electron chi connectivity index (χ1n) is 7.27. The van der Waals surface area contributed by atoms with Crippen molar-refractivity contribution in [2.24, 2.45) is 9.98 Å². The molecule has 1 rings (SSSR count). The number of aliphatic imine (C=N–C) groups is 2. The van der Waals surface area contributed by atoms with Crippen LogP contribution in [0.3, 0.4) is 0 Å². The molecule has 130 valence electrons. The summed E-state index contributed by atoms with van der Waals surface area (Å²) in [5, 5.41) is 0. The molecule has 0 atom stereocenters. The molecular weight excluding hydrogens is 314 g/mol. The molecule has 0 radical (unpaired) electrons. The molecule has 0 aromatic heterocycles. The van der Waals surface area contributed by atoms with Crippen LogP contribution in [0.4, 0.5) is 8.78 Å². The molecule has 0 spiro atoms. The van der Waals surface area contributed by atoms with E-state index in [2.05, 4.69) is 21.3 Å². The smallest absolute Gasteiger partial charge is 0.394 e. The fourth-order valence-corrected chi connectivity index (χ4v) is 1.81. The van der Waals surface area contributed by atoms with Gasteiger partial charge in [0.15, 0.2) is 0 Å². The van der Waals surface area contributed by atoms with Crippen LogP contribution in [0.15, 0.2) is 52.5 Å². The second kappa shape index (κ2) is 8.38. The number of ether oxygens (including phenoxy) is 2. The maximum absolute atomic E-state index is 12.8. The summed E-state index contributed by atoms with van der Waals surface area (Å²) in [6.07, 6.45) is -1.38. The van der Waals surface area contributed by atoms with E-state index in [9.17, 15) is 8.78 Å². The third-order valence-electron chi connectivity index (χ3n) is 2.80. The van der Waals surface area contributed by atoms with Crippen LogP contribution in [0.5, 0.6) is 5.75 Å². The van der Waals surface area contributed by atoms with Crippen molar-refractivity contribution in [2.75, 3.05) is 14.2 Å². The van der Waals surface area contributed by atoms with Gasteiger partial charge in [0.2, 0.25) is 5.90 Å². The molecule has 1 aromatic carbocycles. The molecule has 6 heteroatoms. The summed E-state index contributed by atoms with van der Waals surface area (Å²) in [6, 6.07) is 6.07. The highest BCUT2D eigenvalue weighted by Crippen LogP contribution is 2.23. The van der Waals surface area contributed by atoms with Crippen molar-refractivity contribution >= 4 is 17.3 Å². The van der Waals surface area contributed by atoms with Gasteiger partial charge in [0.25, 0.3) is 0 Å². The number of methoxy groups -OCH3 is 1. The summed E-state index contributed by atoms with van der Waals surface area (Å²) in [6.45, 7) is 8.44. The minimum absolute atomic E-state index is 0.0651. The summed E-state index contributed by atoms with van der Waals surface area (Å²) in [4.78, 5) is 8.47. The zero-order chi connectivity index (χ0) is 18.3. The minimum Gasteiger partial charge on any atom is -0.479 e. The number of nitrogens with zero attached hydrogens (tertiary/aromatic N) is 2. The first-order chi connectivity index (χ1) is 11.2. The lowest BCUT2D eigenvalue weighted by Gasteiger charge is -2.13. The van der Waals surface area contributed by atoms with Crippen molar-refractivity contribution in [1.82, 2.24) is 0 Å². The van der Waals surface area contributed by atoms with E-state index in [1.165, 1.54) is 19.2 Å². The average molecular weight is 336 g/mol. The van der Waals surface area contributed by atoms with Gasteiger partial charge < -0.3 is 9.47 Å². The summed E-state index contributed by atoms with van der Waals surface area (Å²) in [5.41, 5.74) is 2.71. The van der Waals surface area contributed by atoms with E-state index in [1.807, 2.05) is 19.9 Å². The van der Waals surface area contributed by atoms with Gasteiger partial charge in [0.05, 0.1) is 12.8 Å². The van der Waals surface area contributed by atoms with Crippen molar-refractivity contribution in [1.29, 1.82) is 0 Å². The quantitative estimate of drug-likeness (QED) is 0.557. The van der Waals surface area contributed by atoms with Gasteiger partial charge in [-0.1, -0.05) is 12.2 Å². The van der Waals surface area contributed by atoms with E-state index < -0.39 is 6.11 Å². The van der Waals surface area contributed by atoms with Crippen LogP contribution in [0.2, 0.25) is 0 Å². The van der Waals surface area contributed by atoms with Crippen LogP contribution >= 0.6 is 0 Å². The normalized spacial score (nSPS) is 12.6. The second-order valence-corrected chi connectivity index (χ2v) is 5.33. The maximum Gasteiger partial charge on any atom is 0.394 e. The molecule has 0 saturated carbocycles. The number of allylic oxidation sites excluding steroid dienone is 1. The molecule has 0 unspecified atom stereocenters. The Bertz CT molecular complexity index is 665. The topological polar surface area (TPSA) is 43.2 Å². The van der Waals surface area contributed by atoms with Gasteiger partial charge in [-0.3, -0.25) is 4.99 Å². The summed E-state index contributed by atoms with van der Waals surface area (Å²) < 4.78 is 35.4. The lowest BCUT2D eigenvalue weighted by atomic mass is 10.1. The van der Waals surface area contributed by atoms with Gasteiger partial charge in [0, 0.05) is 14.0 Å². The van der Waals surface area contributed by atoms with Crippen LogP contribution in [0.1, 0.15) is 26.3 Å². The Balaban J connectivity index is 3.02. The van der Waals surface area contributed by atoms with E-state index >= 15 is 0 Å². The van der Waals surface area contributed by atoms with Gasteiger partial charge in [-0.25, -0.2) is 4.99 Å². The Morgan fingerprint density at radius 2 is 1.79 bits per heavy atom. The zero-order valence-electron chi connectivity index (χ0n) is 14.6. The van der Waals surface area contributed by atoms with Crippen LogP contribution in [0, 0.1) is 0 Å². The van der Waals surface area contributed by atoms with Crippen molar-refractivity contribution in [3.8, 4) is 5.75 Å². The van der Waals surface area contributed by atoms with Crippen LogP contribution in [-0.4, -0.2) is 31.9 Å². The standard InChI is InChI=1S/C18H22F2N2O2/c1-12(2)11-16(21-5)17(23-6)22-13(3)14-7-9-15(10-8-14)24-18(4,19)20/h7-11H,3H2,1-2,4-6H3. The number of benzene rings is 1. The monoisotopic (exact) mass is 336 g/mol. The Morgan fingerprint density at radius 3 is 2.21 bits per heavy atom. The minimum atomic E-state index is -3.23. The highest BCUT2D eigenvalue weighted by atomic mass is 19.3. The molecule has 0 bridgehead atoms. The molecule has 24 heavy (non-hydrogen) atoms. The molecule has 1 aromatic rings. The largest absolute Gasteiger partial charge is 0.479 e. The number of alkyl halides is 2. The third kappa shape index (κ3) is 6.32. The van der Waals surface area contributed by atoms with E-state index in [4.69, 9.17) is 4.74 Å². The van der Waals surface area contributed by atoms with Crippen molar-refractivity contribution in [2.45, 2.75) is 26.9 Å². The van der Waals surface area contributed by atoms with Crippen LogP contribution in [0.25, 0.3) is 5.70 Å². The molecule has 0 N–H and O–H groups in total. The summed E-state index contributed by atoms with van der Waals surface area (Å²) in [7, 11) is 3.14. The van der Waals surface area contributed by atoms with E-state index in [0.29, 0.717) is 29.8 Å². The molecular formula is C18H22F2N2O2. The maximum atomic E-state index is 12.8. The SMILES string of the molecule is C=C(N=C(OC)C(C=C(C)C)=NC)c1ccc(OC(C)(F)F)cc1. The number of halogens is 2. The predicted octanol–water partition coefficient (Wildman–Crippen LogP) is 4.73. The fourth-order valence-electron chi connectivity index (χ4n) is 1.81. The third-order valence-corrected chi connectivity index (χ3v) is 2.80. The Labute approximate surface area is 141 Å². The predicted molar refractivity (Wildman–Crippen MR) is 94.0 cm³/mol.